The molecule has 34 heavy (non-hydrogen) atoms. The highest BCUT2D eigenvalue weighted by molar-refractivity contribution is 5.75. The van der Waals surface area contributed by atoms with Gasteiger partial charge in [-0.05, 0) is 43.2 Å². The molecule has 0 unspecified atom stereocenters. The van der Waals surface area contributed by atoms with Crippen LogP contribution < -0.4 is 16.1 Å². The average molecular weight is 468 g/mol. The molecule has 0 aliphatic carbocycles. The van der Waals surface area contributed by atoms with Crippen LogP contribution in [0, 0.1) is 5.92 Å². The first-order valence-corrected chi connectivity index (χ1v) is 12.6. The zero-order valence-electron chi connectivity index (χ0n) is 20.9. The third-order valence-electron chi connectivity index (χ3n) is 7.18. The van der Waals surface area contributed by atoms with Crippen molar-refractivity contribution in [3.05, 3.63) is 56.2 Å². The predicted molar refractivity (Wildman–Crippen MR) is 136 cm³/mol. The fourth-order valence-electron chi connectivity index (χ4n) is 5.02. The molecule has 0 amide bonds. The van der Waals surface area contributed by atoms with Crippen LogP contribution in [-0.2, 0) is 31.3 Å². The topological polar surface area (TPSA) is 74.3 Å². The summed E-state index contributed by atoms with van der Waals surface area (Å²) < 4.78 is 10.3. The van der Waals surface area contributed by atoms with Gasteiger partial charge in [0.25, 0.3) is 5.56 Å². The molecular weight excluding hydrogens is 430 g/mol. The molecular formula is C26H37N5O3. The second-order valence-electron chi connectivity index (χ2n) is 9.13. The van der Waals surface area contributed by atoms with Gasteiger partial charge in [0.05, 0.1) is 19.7 Å². The lowest BCUT2D eigenvalue weighted by Crippen LogP contribution is -2.40. The maximum absolute atomic E-state index is 13.7. The Morgan fingerprint density at radius 2 is 1.74 bits per heavy atom. The van der Waals surface area contributed by atoms with Gasteiger partial charge in [-0.2, -0.15) is 4.98 Å². The van der Waals surface area contributed by atoms with Gasteiger partial charge in [0, 0.05) is 26.7 Å². The molecule has 1 aliphatic heterocycles. The maximum atomic E-state index is 13.7. The number of aryl methyl sites for hydroxylation is 2. The van der Waals surface area contributed by atoms with E-state index in [1.807, 2.05) is 17.6 Å². The van der Waals surface area contributed by atoms with Crippen LogP contribution in [0.1, 0.15) is 51.2 Å². The van der Waals surface area contributed by atoms with Crippen molar-refractivity contribution in [2.24, 2.45) is 13.0 Å². The summed E-state index contributed by atoms with van der Waals surface area (Å²) in [5.74, 6) is 1.51. The lowest BCUT2D eigenvalue weighted by Gasteiger charge is -2.32. The molecule has 0 N–H and O–H groups in total. The first-order chi connectivity index (χ1) is 16.5. The number of nitrogens with zero attached hydrogens (tertiary/aromatic N) is 5. The molecule has 184 valence electrons. The molecule has 1 aliphatic rings. The molecule has 3 heterocycles. The standard InChI is InChI=1S/C26H37N5O3/c1-5-19-12-14-29(15-13-19)25-27-23-22(31(25)18-21-11-9-8-10-20(21)6-2)24(32)30(16-17-34-7-3)26(33)28(23)4/h8-11,19H,5-7,12-18H2,1-4H3. The van der Waals surface area contributed by atoms with Crippen LogP contribution in [0.25, 0.3) is 11.2 Å². The lowest BCUT2D eigenvalue weighted by atomic mass is 9.95. The Labute approximate surface area is 200 Å². The summed E-state index contributed by atoms with van der Waals surface area (Å²) >= 11 is 0. The monoisotopic (exact) mass is 467 g/mol. The van der Waals surface area contributed by atoms with Crippen LogP contribution in [0.2, 0.25) is 0 Å². The molecule has 0 bridgehead atoms. The van der Waals surface area contributed by atoms with E-state index in [-0.39, 0.29) is 17.8 Å². The van der Waals surface area contributed by atoms with Crippen LogP contribution in [-0.4, -0.2) is 45.0 Å². The zero-order valence-corrected chi connectivity index (χ0v) is 20.9. The van der Waals surface area contributed by atoms with E-state index in [0.717, 1.165) is 44.2 Å². The minimum absolute atomic E-state index is 0.225. The van der Waals surface area contributed by atoms with Gasteiger partial charge >= 0.3 is 5.69 Å². The molecule has 8 nitrogen and oxygen atoms in total. The van der Waals surface area contributed by atoms with E-state index < -0.39 is 0 Å². The summed E-state index contributed by atoms with van der Waals surface area (Å²) in [6, 6.07) is 8.34. The molecule has 1 saturated heterocycles. The second kappa shape index (κ2) is 10.6. The van der Waals surface area contributed by atoms with Crippen molar-refractivity contribution in [2.45, 2.75) is 59.5 Å². The Hall–Kier alpha value is -2.87. The highest BCUT2D eigenvalue weighted by atomic mass is 16.5. The first-order valence-electron chi connectivity index (χ1n) is 12.6. The number of anilines is 1. The summed E-state index contributed by atoms with van der Waals surface area (Å²) in [4.78, 5) is 33.9. The third kappa shape index (κ3) is 4.56. The van der Waals surface area contributed by atoms with E-state index in [2.05, 4.69) is 36.9 Å². The molecule has 2 aromatic heterocycles. The van der Waals surface area contributed by atoms with Gasteiger partial charge in [0.1, 0.15) is 0 Å². The average Bonchev–Trinajstić information content (AvgIpc) is 3.24. The quantitative estimate of drug-likeness (QED) is 0.452. The number of hydrogen-bond acceptors (Lipinski definition) is 5. The Balaban J connectivity index is 1.89. The SMILES string of the molecule is CCOCCn1c(=O)c2c(nc(N3CCC(CC)CC3)n2Cc2ccccc2CC)n(C)c1=O. The Morgan fingerprint density at radius 3 is 2.38 bits per heavy atom. The summed E-state index contributed by atoms with van der Waals surface area (Å²) in [6.07, 6.45) is 4.33. The molecule has 1 aromatic carbocycles. The predicted octanol–water partition coefficient (Wildman–Crippen LogP) is 3.17. The molecule has 8 heteroatoms. The zero-order chi connectivity index (χ0) is 24.2. The Kier molecular flexibility index (Phi) is 7.56. The molecule has 1 fully saturated rings. The van der Waals surface area contributed by atoms with Gasteiger partial charge in [-0.25, -0.2) is 4.79 Å². The van der Waals surface area contributed by atoms with E-state index >= 15 is 0 Å². The van der Waals surface area contributed by atoms with E-state index in [1.54, 1.807) is 7.05 Å². The minimum Gasteiger partial charge on any atom is -0.380 e. The number of hydrogen-bond donors (Lipinski definition) is 0. The van der Waals surface area contributed by atoms with Gasteiger partial charge in [-0.3, -0.25) is 18.5 Å². The smallest absolute Gasteiger partial charge is 0.332 e. The number of benzene rings is 1. The van der Waals surface area contributed by atoms with Crippen LogP contribution in [0.5, 0.6) is 0 Å². The van der Waals surface area contributed by atoms with Crippen LogP contribution >= 0.6 is 0 Å². The molecule has 4 rings (SSSR count). The van der Waals surface area contributed by atoms with Crippen molar-refractivity contribution in [3.63, 3.8) is 0 Å². The van der Waals surface area contributed by atoms with Gasteiger partial charge in [-0.15, -0.1) is 0 Å². The van der Waals surface area contributed by atoms with E-state index in [4.69, 9.17) is 9.72 Å². The van der Waals surface area contributed by atoms with Crippen molar-refractivity contribution in [2.75, 3.05) is 31.2 Å². The van der Waals surface area contributed by atoms with Gasteiger partial charge in [0.2, 0.25) is 5.95 Å². The number of rotatable bonds is 9. The Bertz CT molecular complexity index is 1250. The van der Waals surface area contributed by atoms with Crippen molar-refractivity contribution >= 4 is 17.1 Å². The van der Waals surface area contributed by atoms with Crippen molar-refractivity contribution < 1.29 is 4.74 Å². The number of aromatic nitrogens is 4. The summed E-state index contributed by atoms with van der Waals surface area (Å²) in [6.45, 7) is 9.74. The molecule has 0 saturated carbocycles. The van der Waals surface area contributed by atoms with Crippen molar-refractivity contribution in [1.29, 1.82) is 0 Å². The molecule has 0 radical (unpaired) electrons. The lowest BCUT2D eigenvalue weighted by molar-refractivity contribution is 0.137. The van der Waals surface area contributed by atoms with Crippen molar-refractivity contribution in [1.82, 2.24) is 18.7 Å². The number of ether oxygens (including phenoxy) is 1. The largest absolute Gasteiger partial charge is 0.380 e. The molecule has 3 aromatic rings. The summed E-state index contributed by atoms with van der Waals surface area (Å²) in [7, 11) is 1.70. The molecule has 0 spiro atoms. The number of imidazole rings is 1. The summed E-state index contributed by atoms with van der Waals surface area (Å²) in [5, 5.41) is 0. The molecule has 0 atom stereocenters. The maximum Gasteiger partial charge on any atom is 0.332 e. The van der Waals surface area contributed by atoms with Gasteiger partial charge in [-0.1, -0.05) is 44.5 Å². The first kappa shape index (κ1) is 24.3. The fourth-order valence-corrected chi connectivity index (χ4v) is 5.02. The highest BCUT2D eigenvalue weighted by Crippen LogP contribution is 2.28. The van der Waals surface area contributed by atoms with Crippen LogP contribution in [0.15, 0.2) is 33.9 Å². The summed E-state index contributed by atoms with van der Waals surface area (Å²) in [5.41, 5.74) is 2.70. The van der Waals surface area contributed by atoms with E-state index in [1.165, 1.54) is 26.7 Å². The van der Waals surface area contributed by atoms with Crippen molar-refractivity contribution in [3.8, 4) is 0 Å². The normalized spacial score (nSPS) is 14.9. The Morgan fingerprint density at radius 1 is 1.03 bits per heavy atom. The van der Waals surface area contributed by atoms with Gasteiger partial charge in [0.15, 0.2) is 11.2 Å². The third-order valence-corrected chi connectivity index (χ3v) is 7.18. The number of piperidine rings is 1. The number of fused-ring (bicyclic) bond motifs is 1. The van der Waals surface area contributed by atoms with Crippen LogP contribution in [0.4, 0.5) is 5.95 Å². The van der Waals surface area contributed by atoms with E-state index in [0.29, 0.717) is 30.9 Å². The van der Waals surface area contributed by atoms with E-state index in [9.17, 15) is 9.59 Å². The van der Waals surface area contributed by atoms with Gasteiger partial charge < -0.3 is 9.64 Å². The minimum atomic E-state index is -0.355. The second-order valence-corrected chi connectivity index (χ2v) is 9.13. The van der Waals surface area contributed by atoms with Crippen LogP contribution in [0.3, 0.4) is 0 Å². The fraction of sp³-hybridized carbons (Fsp3) is 0.577. The highest BCUT2D eigenvalue weighted by Gasteiger charge is 2.26.